The van der Waals surface area contributed by atoms with E-state index in [0.717, 1.165) is 0 Å². The Balaban J connectivity index is 2.01. The van der Waals surface area contributed by atoms with Crippen molar-refractivity contribution in [1.82, 2.24) is 0 Å². The number of aliphatic hydroxyl groups excluding tert-OH is 2. The first-order valence-electron chi connectivity index (χ1n) is 9.24. The van der Waals surface area contributed by atoms with Gasteiger partial charge in [0.2, 0.25) is 23.1 Å². The third-order valence-electron chi connectivity index (χ3n) is 5.27. The minimum absolute atomic E-state index is 0.0533. The highest BCUT2D eigenvalue weighted by molar-refractivity contribution is 6.55. The second-order valence-corrected chi connectivity index (χ2v) is 6.94. The van der Waals surface area contributed by atoms with Crippen molar-refractivity contribution >= 4 is 34.7 Å². The van der Waals surface area contributed by atoms with Crippen LogP contribution in [0.4, 0.5) is 0 Å². The molecule has 4 rings (SSSR count). The zero-order valence-electron chi connectivity index (χ0n) is 15.9. The van der Waals surface area contributed by atoms with Crippen LogP contribution < -0.4 is 0 Å². The Hall–Kier alpha value is -4.06. The Morgan fingerprint density at radius 2 is 1.00 bits per heavy atom. The van der Waals surface area contributed by atoms with Crippen LogP contribution in [0.3, 0.4) is 0 Å². The van der Waals surface area contributed by atoms with E-state index in [-0.39, 0.29) is 33.4 Å². The molecule has 0 atom stereocenters. The summed E-state index contributed by atoms with van der Waals surface area (Å²) < 4.78 is 0. The fourth-order valence-corrected chi connectivity index (χ4v) is 3.88. The van der Waals surface area contributed by atoms with Crippen LogP contribution in [0.2, 0.25) is 0 Å². The molecule has 0 saturated heterocycles. The van der Waals surface area contributed by atoms with Crippen molar-refractivity contribution in [2.24, 2.45) is 5.92 Å². The fraction of sp³-hybridized carbons (Fsp3) is 0.0833. The molecule has 2 aromatic rings. The first-order valence-corrected chi connectivity index (χ1v) is 9.24. The van der Waals surface area contributed by atoms with Gasteiger partial charge >= 0.3 is 0 Å². The van der Waals surface area contributed by atoms with E-state index >= 15 is 0 Å². The van der Waals surface area contributed by atoms with Crippen molar-refractivity contribution in [1.29, 1.82) is 0 Å². The molecule has 2 aliphatic carbocycles. The second-order valence-electron chi connectivity index (χ2n) is 6.94. The summed E-state index contributed by atoms with van der Waals surface area (Å²) in [6.07, 6.45) is 2.91. The molecule has 0 bridgehead atoms. The zero-order valence-corrected chi connectivity index (χ0v) is 15.9. The molecule has 2 N–H and O–H groups in total. The van der Waals surface area contributed by atoms with Crippen LogP contribution in [0, 0.1) is 5.92 Å². The molecule has 6 heteroatoms. The number of ketones is 4. The van der Waals surface area contributed by atoms with E-state index in [9.17, 15) is 29.4 Å². The molecule has 0 fully saturated rings. The predicted octanol–water partition coefficient (Wildman–Crippen LogP) is 3.65. The molecule has 0 heterocycles. The Morgan fingerprint density at radius 3 is 1.37 bits per heavy atom. The smallest absolute Gasteiger partial charge is 0.234 e. The number of aliphatic hydroxyl groups is 2. The van der Waals surface area contributed by atoms with Gasteiger partial charge in [0, 0.05) is 28.2 Å². The minimum atomic E-state index is -1.27. The van der Waals surface area contributed by atoms with E-state index in [1.807, 2.05) is 0 Å². The van der Waals surface area contributed by atoms with Gasteiger partial charge in [-0.3, -0.25) is 19.2 Å². The number of carbonyl (C=O) groups is 4. The molecule has 0 aromatic heterocycles. The summed E-state index contributed by atoms with van der Waals surface area (Å²) in [6.45, 7) is 1.62. The van der Waals surface area contributed by atoms with Gasteiger partial charge in [-0.25, -0.2) is 0 Å². The lowest BCUT2D eigenvalue weighted by Gasteiger charge is -2.26. The maximum Gasteiger partial charge on any atom is 0.234 e. The Kier molecular flexibility index (Phi) is 4.54. The van der Waals surface area contributed by atoms with Gasteiger partial charge in [0.1, 0.15) is 11.5 Å². The van der Waals surface area contributed by atoms with E-state index in [2.05, 4.69) is 0 Å². The highest BCUT2D eigenvalue weighted by Gasteiger charge is 2.43. The second kappa shape index (κ2) is 7.08. The largest absolute Gasteiger partial charge is 0.507 e. The molecular weight excluding hydrogens is 384 g/mol. The summed E-state index contributed by atoms with van der Waals surface area (Å²) in [5.74, 6) is -5.84. The van der Waals surface area contributed by atoms with Gasteiger partial charge in [-0.1, -0.05) is 60.7 Å². The lowest BCUT2D eigenvalue weighted by atomic mass is 9.74. The van der Waals surface area contributed by atoms with Gasteiger partial charge in [0.15, 0.2) is 0 Å². The van der Waals surface area contributed by atoms with Gasteiger partial charge < -0.3 is 10.2 Å². The number of carbonyl (C=O) groups excluding carboxylic acids is 4. The van der Waals surface area contributed by atoms with Crippen molar-refractivity contribution in [3.05, 3.63) is 94.1 Å². The molecular formula is C24H16O6. The third kappa shape index (κ3) is 2.65. The van der Waals surface area contributed by atoms with E-state index in [1.165, 1.54) is 36.4 Å². The molecule has 0 aliphatic heterocycles. The first-order chi connectivity index (χ1) is 14.4. The van der Waals surface area contributed by atoms with Gasteiger partial charge in [-0.2, -0.15) is 0 Å². The topological polar surface area (TPSA) is 109 Å². The standard InChI is InChI=1S/C24H16O6/c1-2-7-16(17-19(25)12-8-3-5-10-14(12)21(27)23(17)29)18-20(26)13-9-4-6-11-15(13)22(28)24(18)30/h2-11,16,25-26H,1H3/b7-2+. The summed E-state index contributed by atoms with van der Waals surface area (Å²) in [7, 11) is 0. The van der Waals surface area contributed by atoms with Crippen LogP contribution in [0.1, 0.15) is 38.8 Å². The number of allylic oxidation sites excluding steroid dienone is 4. The number of benzene rings is 2. The number of Topliss-reactive ketones (excluding diaryl/α,β-unsaturated/α-hetero) is 4. The lowest BCUT2D eigenvalue weighted by molar-refractivity contribution is -0.112. The number of hydrogen-bond donors (Lipinski definition) is 2. The molecule has 30 heavy (non-hydrogen) atoms. The fourth-order valence-electron chi connectivity index (χ4n) is 3.88. The van der Waals surface area contributed by atoms with Crippen LogP contribution in [-0.2, 0) is 9.59 Å². The average Bonchev–Trinajstić information content (AvgIpc) is 2.76. The minimum Gasteiger partial charge on any atom is -0.507 e. The van der Waals surface area contributed by atoms with Crippen LogP contribution >= 0.6 is 0 Å². The zero-order chi connectivity index (χ0) is 21.6. The van der Waals surface area contributed by atoms with Gasteiger partial charge in [0.25, 0.3) is 0 Å². The van der Waals surface area contributed by atoms with Crippen molar-refractivity contribution in [3.8, 4) is 0 Å². The third-order valence-corrected chi connectivity index (χ3v) is 5.27. The molecule has 148 valence electrons. The van der Waals surface area contributed by atoms with Crippen LogP contribution in [0.15, 0.2) is 71.8 Å². The van der Waals surface area contributed by atoms with Crippen LogP contribution in [0.5, 0.6) is 0 Å². The average molecular weight is 400 g/mol. The van der Waals surface area contributed by atoms with Gasteiger partial charge in [-0.15, -0.1) is 0 Å². The number of fused-ring (bicyclic) bond motifs is 2. The summed E-state index contributed by atoms with van der Waals surface area (Å²) in [4.78, 5) is 51.1. The van der Waals surface area contributed by atoms with E-state index < -0.39 is 40.6 Å². The Morgan fingerprint density at radius 1 is 0.633 bits per heavy atom. The molecule has 0 amide bonds. The molecule has 2 aliphatic rings. The van der Waals surface area contributed by atoms with Gasteiger partial charge in [0.05, 0.1) is 11.1 Å². The lowest BCUT2D eigenvalue weighted by Crippen LogP contribution is -2.33. The quantitative estimate of drug-likeness (QED) is 0.601. The summed E-state index contributed by atoms with van der Waals surface area (Å²) in [5.41, 5.74) is -0.281. The van der Waals surface area contributed by atoms with Crippen LogP contribution in [0.25, 0.3) is 11.5 Å². The molecule has 0 spiro atoms. The molecule has 0 saturated carbocycles. The summed E-state index contributed by atoms with van der Waals surface area (Å²) >= 11 is 0. The van der Waals surface area contributed by atoms with Crippen molar-refractivity contribution in [2.75, 3.05) is 0 Å². The Bertz CT molecular complexity index is 1150. The maximum atomic E-state index is 12.9. The molecule has 0 radical (unpaired) electrons. The van der Waals surface area contributed by atoms with E-state index in [0.29, 0.717) is 0 Å². The normalized spacial score (nSPS) is 16.6. The molecule has 6 nitrogen and oxygen atoms in total. The monoisotopic (exact) mass is 400 g/mol. The number of rotatable bonds is 3. The summed E-state index contributed by atoms with van der Waals surface area (Å²) in [6, 6.07) is 12.2. The SMILES string of the molecule is C/C=C/C(C1=C(O)c2ccccc2C(=O)C1=O)C1=C(O)c2ccccc2C(=O)C1=O. The van der Waals surface area contributed by atoms with Crippen molar-refractivity contribution in [2.45, 2.75) is 6.92 Å². The van der Waals surface area contributed by atoms with Crippen molar-refractivity contribution < 1.29 is 29.4 Å². The van der Waals surface area contributed by atoms with Crippen molar-refractivity contribution in [3.63, 3.8) is 0 Å². The molecule has 2 aromatic carbocycles. The highest BCUT2D eigenvalue weighted by atomic mass is 16.3. The first kappa shape index (κ1) is 19.3. The Labute approximate surface area is 171 Å². The summed E-state index contributed by atoms with van der Waals surface area (Å²) in [5, 5.41) is 21.7. The van der Waals surface area contributed by atoms with Gasteiger partial charge in [-0.05, 0) is 6.92 Å². The van der Waals surface area contributed by atoms with E-state index in [1.54, 1.807) is 31.2 Å². The molecule has 0 unspecified atom stereocenters. The maximum absolute atomic E-state index is 12.9. The van der Waals surface area contributed by atoms with E-state index in [4.69, 9.17) is 0 Å². The number of hydrogen-bond acceptors (Lipinski definition) is 6. The highest BCUT2D eigenvalue weighted by Crippen LogP contribution is 2.40. The predicted molar refractivity (Wildman–Crippen MR) is 109 cm³/mol. The van der Waals surface area contributed by atoms with Crippen LogP contribution in [-0.4, -0.2) is 33.3 Å².